The summed E-state index contributed by atoms with van der Waals surface area (Å²) in [6.07, 6.45) is 4.69. The van der Waals surface area contributed by atoms with Gasteiger partial charge >= 0.3 is 0 Å². The van der Waals surface area contributed by atoms with Gasteiger partial charge in [0.2, 0.25) is 0 Å². The van der Waals surface area contributed by atoms with Crippen molar-refractivity contribution in [3.8, 4) is 0 Å². The normalized spacial score (nSPS) is 18.9. The molecule has 1 unspecified atom stereocenters. The highest BCUT2D eigenvalue weighted by Gasteiger charge is 2.20. The smallest absolute Gasteiger partial charge is 0.0366 e. The van der Waals surface area contributed by atoms with Crippen LogP contribution >= 0.6 is 11.8 Å². The lowest BCUT2D eigenvalue weighted by Crippen LogP contribution is -2.46. The lowest BCUT2D eigenvalue weighted by atomic mass is 10.0. The first kappa shape index (κ1) is 13.8. The second-order valence-electron chi connectivity index (χ2n) is 5.12. The van der Waals surface area contributed by atoms with Crippen LogP contribution in [0.5, 0.6) is 0 Å². The van der Waals surface area contributed by atoms with Crippen LogP contribution in [0.4, 0.5) is 5.69 Å². The zero-order valence-electron chi connectivity index (χ0n) is 11.4. The molecule has 1 aromatic carbocycles. The minimum Gasteiger partial charge on any atom is -0.371 e. The number of nitrogens with one attached hydrogen (secondary N) is 1. The Balaban J connectivity index is 1.78. The Morgan fingerprint density at radius 2 is 1.94 bits per heavy atom. The molecule has 0 bridgehead atoms. The second kappa shape index (κ2) is 7.05. The van der Waals surface area contributed by atoms with Crippen molar-refractivity contribution in [3.63, 3.8) is 0 Å². The minimum absolute atomic E-state index is 0.633. The third kappa shape index (κ3) is 3.92. The van der Waals surface area contributed by atoms with E-state index in [9.17, 15) is 0 Å². The average Bonchev–Trinajstić information content (AvgIpc) is 2.41. The molecule has 1 saturated heterocycles. The van der Waals surface area contributed by atoms with Gasteiger partial charge in [-0.1, -0.05) is 18.2 Å². The molecule has 2 nitrogen and oxygen atoms in total. The molecule has 2 rings (SSSR count). The summed E-state index contributed by atoms with van der Waals surface area (Å²) in [6.45, 7) is 4.64. The van der Waals surface area contributed by atoms with Gasteiger partial charge in [0.25, 0.3) is 0 Å². The summed E-state index contributed by atoms with van der Waals surface area (Å²) < 4.78 is 0. The van der Waals surface area contributed by atoms with Crippen LogP contribution in [-0.2, 0) is 0 Å². The van der Waals surface area contributed by atoms with Crippen molar-refractivity contribution in [3.05, 3.63) is 30.3 Å². The molecular weight excluding hydrogens is 240 g/mol. The molecule has 1 fully saturated rings. The average molecular weight is 264 g/mol. The molecule has 0 saturated carbocycles. The van der Waals surface area contributed by atoms with E-state index in [4.69, 9.17) is 0 Å². The molecule has 0 aliphatic carbocycles. The molecule has 100 valence electrons. The lowest BCUT2D eigenvalue weighted by molar-refractivity contribution is 0.389. The molecule has 3 heteroatoms. The number of para-hydroxylation sites is 1. The Bertz CT molecular complexity index is 334. The molecule has 0 radical (unpaired) electrons. The molecule has 1 atom stereocenters. The molecule has 1 aliphatic rings. The van der Waals surface area contributed by atoms with E-state index in [1.165, 1.54) is 37.4 Å². The van der Waals surface area contributed by atoms with Crippen LogP contribution in [0.25, 0.3) is 0 Å². The zero-order valence-corrected chi connectivity index (χ0v) is 12.2. The zero-order chi connectivity index (χ0) is 12.8. The largest absolute Gasteiger partial charge is 0.371 e. The number of nitrogens with zero attached hydrogens (tertiary/aromatic N) is 1. The van der Waals surface area contributed by atoms with Crippen molar-refractivity contribution in [2.45, 2.75) is 31.8 Å². The van der Waals surface area contributed by atoms with Crippen LogP contribution in [0.3, 0.4) is 0 Å². The fraction of sp³-hybridized carbons (Fsp3) is 0.600. The first-order chi connectivity index (χ1) is 8.79. The number of piperidine rings is 1. The summed E-state index contributed by atoms with van der Waals surface area (Å²) >= 11 is 1.92. The van der Waals surface area contributed by atoms with Gasteiger partial charge in [-0.25, -0.2) is 0 Å². The van der Waals surface area contributed by atoms with Crippen molar-refractivity contribution in [1.29, 1.82) is 0 Å². The summed E-state index contributed by atoms with van der Waals surface area (Å²) in [7, 11) is 0. The highest BCUT2D eigenvalue weighted by atomic mass is 32.2. The van der Waals surface area contributed by atoms with E-state index in [1.807, 2.05) is 11.8 Å². The van der Waals surface area contributed by atoms with E-state index < -0.39 is 0 Å². The number of thioether (sulfide) groups is 1. The number of hydrogen-bond donors (Lipinski definition) is 1. The number of benzene rings is 1. The number of rotatable bonds is 5. The van der Waals surface area contributed by atoms with Gasteiger partial charge in [0, 0.05) is 36.6 Å². The van der Waals surface area contributed by atoms with Crippen LogP contribution in [0, 0.1) is 0 Å². The summed E-state index contributed by atoms with van der Waals surface area (Å²) in [5.41, 5.74) is 1.37. The van der Waals surface area contributed by atoms with Crippen LogP contribution in [0.2, 0.25) is 0 Å². The Kier molecular flexibility index (Phi) is 5.39. The monoisotopic (exact) mass is 264 g/mol. The SMILES string of the molecule is CSCC(C)NC1CCN(c2ccccc2)CC1. The quantitative estimate of drug-likeness (QED) is 0.880. The van der Waals surface area contributed by atoms with Crippen LogP contribution < -0.4 is 10.2 Å². The first-order valence-corrected chi connectivity index (χ1v) is 8.24. The van der Waals surface area contributed by atoms with E-state index >= 15 is 0 Å². The highest BCUT2D eigenvalue weighted by molar-refractivity contribution is 7.98. The van der Waals surface area contributed by atoms with Crippen molar-refractivity contribution < 1.29 is 0 Å². The molecular formula is C15H24N2S. The van der Waals surface area contributed by atoms with Gasteiger partial charge in [0.15, 0.2) is 0 Å². The molecule has 1 heterocycles. The van der Waals surface area contributed by atoms with Gasteiger partial charge < -0.3 is 10.2 Å². The van der Waals surface area contributed by atoms with Gasteiger partial charge in [0.1, 0.15) is 0 Å². The topological polar surface area (TPSA) is 15.3 Å². The van der Waals surface area contributed by atoms with Crippen LogP contribution in [0.1, 0.15) is 19.8 Å². The maximum Gasteiger partial charge on any atom is 0.0366 e. The summed E-state index contributed by atoms with van der Waals surface area (Å²) in [5.74, 6) is 1.21. The molecule has 0 aromatic heterocycles. The van der Waals surface area contributed by atoms with Gasteiger partial charge in [-0.15, -0.1) is 0 Å². The van der Waals surface area contributed by atoms with Gasteiger partial charge in [-0.2, -0.15) is 11.8 Å². The molecule has 1 N–H and O–H groups in total. The Labute approximate surface area is 115 Å². The standard InChI is InChI=1S/C15H24N2S/c1-13(12-18-2)16-14-8-10-17(11-9-14)15-6-4-3-5-7-15/h3-7,13-14,16H,8-12H2,1-2H3. The molecule has 0 amide bonds. The third-order valence-electron chi connectivity index (χ3n) is 3.55. The summed E-state index contributed by atoms with van der Waals surface area (Å²) in [5, 5.41) is 3.74. The Hall–Kier alpha value is -0.670. The molecule has 0 spiro atoms. The molecule has 1 aliphatic heterocycles. The second-order valence-corrected chi connectivity index (χ2v) is 6.03. The molecule has 18 heavy (non-hydrogen) atoms. The fourth-order valence-corrected chi connectivity index (χ4v) is 3.24. The van der Waals surface area contributed by atoms with E-state index in [2.05, 4.69) is 53.7 Å². The fourth-order valence-electron chi connectivity index (χ4n) is 2.64. The predicted molar refractivity (Wildman–Crippen MR) is 82.7 cm³/mol. The lowest BCUT2D eigenvalue weighted by Gasteiger charge is -2.35. The summed E-state index contributed by atoms with van der Waals surface area (Å²) in [6, 6.07) is 12.1. The van der Waals surface area contributed by atoms with Crippen molar-refractivity contribution >= 4 is 17.4 Å². The van der Waals surface area contributed by atoms with Crippen LogP contribution in [-0.4, -0.2) is 37.2 Å². The van der Waals surface area contributed by atoms with Crippen molar-refractivity contribution in [2.24, 2.45) is 0 Å². The minimum atomic E-state index is 0.633. The van der Waals surface area contributed by atoms with E-state index in [1.54, 1.807) is 0 Å². The third-order valence-corrected chi connectivity index (χ3v) is 4.39. The van der Waals surface area contributed by atoms with E-state index in [0.717, 1.165) is 0 Å². The molecule has 1 aromatic rings. The number of hydrogen-bond acceptors (Lipinski definition) is 3. The Morgan fingerprint density at radius 3 is 2.56 bits per heavy atom. The van der Waals surface area contributed by atoms with Crippen molar-refractivity contribution in [2.75, 3.05) is 30.0 Å². The maximum absolute atomic E-state index is 3.74. The predicted octanol–water partition coefficient (Wildman–Crippen LogP) is 3.00. The van der Waals surface area contributed by atoms with Gasteiger partial charge in [0.05, 0.1) is 0 Å². The maximum atomic E-state index is 3.74. The van der Waals surface area contributed by atoms with E-state index in [-0.39, 0.29) is 0 Å². The Morgan fingerprint density at radius 1 is 1.28 bits per heavy atom. The first-order valence-electron chi connectivity index (χ1n) is 6.84. The van der Waals surface area contributed by atoms with Gasteiger partial charge in [-0.3, -0.25) is 0 Å². The highest BCUT2D eigenvalue weighted by Crippen LogP contribution is 2.19. The van der Waals surface area contributed by atoms with Gasteiger partial charge in [-0.05, 0) is 38.2 Å². The summed E-state index contributed by atoms with van der Waals surface area (Å²) in [4.78, 5) is 2.50. The van der Waals surface area contributed by atoms with E-state index in [0.29, 0.717) is 12.1 Å². The van der Waals surface area contributed by atoms with Crippen LogP contribution in [0.15, 0.2) is 30.3 Å². The number of anilines is 1. The van der Waals surface area contributed by atoms with Crippen molar-refractivity contribution in [1.82, 2.24) is 5.32 Å².